The number of aryl methyl sites for hydroxylation is 1. The van der Waals surface area contributed by atoms with Crippen molar-refractivity contribution in [3.05, 3.63) is 28.2 Å². The molecule has 0 radical (unpaired) electrons. The first-order valence-corrected chi connectivity index (χ1v) is 7.66. The van der Waals surface area contributed by atoms with Crippen molar-refractivity contribution in [2.24, 2.45) is 5.73 Å². The average molecular weight is 356 g/mol. The molecule has 1 aliphatic rings. The molecule has 7 heteroatoms. The monoisotopic (exact) mass is 354 g/mol. The highest BCUT2D eigenvalue weighted by Gasteiger charge is 2.31. The van der Waals surface area contributed by atoms with E-state index in [0.29, 0.717) is 22.5 Å². The lowest BCUT2D eigenvalue weighted by molar-refractivity contribution is 0.472. The van der Waals surface area contributed by atoms with Gasteiger partial charge in [-0.25, -0.2) is 8.42 Å². The van der Waals surface area contributed by atoms with Gasteiger partial charge in [0.15, 0.2) is 0 Å². The maximum absolute atomic E-state index is 12.4. The molecule has 1 fully saturated rings. The van der Waals surface area contributed by atoms with E-state index < -0.39 is 10.0 Å². The second-order valence-electron chi connectivity index (χ2n) is 4.35. The van der Waals surface area contributed by atoms with Crippen LogP contribution in [0.5, 0.6) is 0 Å². The Balaban J connectivity index is 0.00000162. The Bertz CT molecular complexity index is 536. The van der Waals surface area contributed by atoms with Gasteiger partial charge in [0.25, 0.3) is 0 Å². The summed E-state index contributed by atoms with van der Waals surface area (Å²) in [6, 6.07) is 5.20. The summed E-state index contributed by atoms with van der Waals surface area (Å²) in [7, 11) is -3.41. The predicted octanol–water partition coefficient (Wildman–Crippen LogP) is 1.90. The van der Waals surface area contributed by atoms with Crippen molar-refractivity contribution < 1.29 is 8.42 Å². The third-order valence-corrected chi connectivity index (χ3v) is 5.73. The molecule has 0 amide bonds. The standard InChI is InChI=1S/C11H15BrN2O2S.ClH/c1-8-2-3-11(10(12)6-8)17(15,16)14-5-4-9(13)7-14;/h2-3,6,9H,4-5,7,13H2,1H3;1H/t9-;/m0./s1. The number of nitrogens with two attached hydrogens (primary N) is 1. The summed E-state index contributed by atoms with van der Waals surface area (Å²) in [6.07, 6.45) is 0.725. The Morgan fingerprint density at radius 3 is 2.61 bits per heavy atom. The highest BCUT2D eigenvalue weighted by molar-refractivity contribution is 9.10. The molecule has 1 aromatic carbocycles. The number of halogens is 2. The highest BCUT2D eigenvalue weighted by atomic mass is 79.9. The van der Waals surface area contributed by atoms with Crippen molar-refractivity contribution in [2.75, 3.05) is 13.1 Å². The van der Waals surface area contributed by atoms with Crippen LogP contribution in [-0.4, -0.2) is 31.9 Å². The summed E-state index contributed by atoms with van der Waals surface area (Å²) in [6.45, 7) is 2.83. The molecule has 0 aliphatic carbocycles. The maximum atomic E-state index is 12.4. The Kier molecular flexibility index (Phi) is 5.20. The van der Waals surface area contributed by atoms with Gasteiger partial charge in [0.1, 0.15) is 0 Å². The summed E-state index contributed by atoms with van der Waals surface area (Å²) in [5.74, 6) is 0. The molecule has 18 heavy (non-hydrogen) atoms. The summed E-state index contributed by atoms with van der Waals surface area (Å²) < 4.78 is 26.8. The molecular weight excluding hydrogens is 340 g/mol. The Morgan fingerprint density at radius 2 is 2.11 bits per heavy atom. The minimum atomic E-state index is -3.41. The van der Waals surface area contributed by atoms with Gasteiger partial charge in [0.2, 0.25) is 10.0 Å². The number of hydrogen-bond donors (Lipinski definition) is 1. The molecule has 1 saturated heterocycles. The van der Waals surface area contributed by atoms with E-state index in [2.05, 4.69) is 15.9 Å². The molecule has 2 N–H and O–H groups in total. The molecule has 1 aliphatic heterocycles. The Labute approximate surface area is 122 Å². The molecule has 0 aromatic heterocycles. The fraction of sp³-hybridized carbons (Fsp3) is 0.455. The fourth-order valence-corrected chi connectivity index (χ4v) is 4.59. The van der Waals surface area contributed by atoms with E-state index in [0.717, 1.165) is 12.0 Å². The van der Waals surface area contributed by atoms with Crippen LogP contribution in [0.25, 0.3) is 0 Å². The molecule has 4 nitrogen and oxygen atoms in total. The van der Waals surface area contributed by atoms with Crippen LogP contribution >= 0.6 is 28.3 Å². The Morgan fingerprint density at radius 1 is 1.44 bits per heavy atom. The summed E-state index contributed by atoms with van der Waals surface area (Å²) >= 11 is 3.31. The first-order chi connectivity index (χ1) is 7.91. The second-order valence-corrected chi connectivity index (χ2v) is 7.11. The first-order valence-electron chi connectivity index (χ1n) is 5.43. The molecular formula is C11H16BrClN2O2S. The Hall–Kier alpha value is -0.140. The van der Waals surface area contributed by atoms with E-state index in [9.17, 15) is 8.42 Å². The maximum Gasteiger partial charge on any atom is 0.244 e. The van der Waals surface area contributed by atoms with Gasteiger partial charge in [-0.2, -0.15) is 4.31 Å². The number of benzene rings is 1. The van der Waals surface area contributed by atoms with Gasteiger partial charge in [-0.15, -0.1) is 12.4 Å². The zero-order valence-corrected chi connectivity index (χ0v) is 13.2. The van der Waals surface area contributed by atoms with Crippen LogP contribution in [0.15, 0.2) is 27.6 Å². The highest BCUT2D eigenvalue weighted by Crippen LogP contribution is 2.27. The van der Waals surface area contributed by atoms with Crippen molar-refractivity contribution in [1.82, 2.24) is 4.31 Å². The van der Waals surface area contributed by atoms with Crippen molar-refractivity contribution in [3.8, 4) is 0 Å². The molecule has 0 bridgehead atoms. The van der Waals surface area contributed by atoms with Crippen molar-refractivity contribution in [3.63, 3.8) is 0 Å². The van der Waals surface area contributed by atoms with Crippen LogP contribution in [0.2, 0.25) is 0 Å². The number of sulfonamides is 1. The quantitative estimate of drug-likeness (QED) is 0.881. The smallest absolute Gasteiger partial charge is 0.244 e. The summed E-state index contributed by atoms with van der Waals surface area (Å²) in [4.78, 5) is 0.317. The predicted molar refractivity (Wildman–Crippen MR) is 77.5 cm³/mol. The molecule has 0 saturated carbocycles. The van der Waals surface area contributed by atoms with E-state index in [4.69, 9.17) is 5.73 Å². The number of rotatable bonds is 2. The number of hydrogen-bond acceptors (Lipinski definition) is 3. The van der Waals surface area contributed by atoms with Gasteiger partial charge in [-0.05, 0) is 47.0 Å². The molecule has 2 rings (SSSR count). The molecule has 0 unspecified atom stereocenters. The van der Waals surface area contributed by atoms with Crippen molar-refractivity contribution in [1.29, 1.82) is 0 Å². The van der Waals surface area contributed by atoms with E-state index in [-0.39, 0.29) is 18.4 Å². The lowest BCUT2D eigenvalue weighted by atomic mass is 10.2. The normalized spacial score (nSPS) is 20.7. The fourth-order valence-electron chi connectivity index (χ4n) is 1.93. The van der Waals surface area contributed by atoms with Gasteiger partial charge in [0, 0.05) is 23.6 Å². The lowest BCUT2D eigenvalue weighted by Crippen LogP contribution is -2.32. The average Bonchev–Trinajstić information content (AvgIpc) is 2.64. The number of nitrogens with zero attached hydrogens (tertiary/aromatic N) is 1. The van der Waals surface area contributed by atoms with Crippen molar-refractivity contribution in [2.45, 2.75) is 24.3 Å². The van der Waals surface area contributed by atoms with Gasteiger partial charge in [-0.1, -0.05) is 6.07 Å². The van der Waals surface area contributed by atoms with Gasteiger partial charge >= 0.3 is 0 Å². The van der Waals surface area contributed by atoms with Gasteiger partial charge < -0.3 is 5.73 Å². The minimum Gasteiger partial charge on any atom is -0.326 e. The SMILES string of the molecule is Cc1ccc(S(=O)(=O)N2CC[C@H](N)C2)c(Br)c1.Cl. The summed E-state index contributed by atoms with van der Waals surface area (Å²) in [5, 5.41) is 0. The zero-order chi connectivity index (χ0) is 12.6. The van der Waals surface area contributed by atoms with E-state index in [1.54, 1.807) is 12.1 Å². The van der Waals surface area contributed by atoms with Crippen molar-refractivity contribution >= 4 is 38.4 Å². The van der Waals surface area contributed by atoms with Crippen LogP contribution in [-0.2, 0) is 10.0 Å². The minimum absolute atomic E-state index is 0. The van der Waals surface area contributed by atoms with Gasteiger partial charge in [-0.3, -0.25) is 0 Å². The summed E-state index contributed by atoms with van der Waals surface area (Å²) in [5.41, 5.74) is 6.77. The van der Waals surface area contributed by atoms with E-state index in [1.807, 2.05) is 13.0 Å². The molecule has 1 aromatic rings. The zero-order valence-electron chi connectivity index (χ0n) is 9.97. The molecule has 102 valence electrons. The lowest BCUT2D eigenvalue weighted by Gasteiger charge is -2.17. The van der Waals surface area contributed by atoms with Crippen LogP contribution in [0.4, 0.5) is 0 Å². The van der Waals surface area contributed by atoms with E-state index >= 15 is 0 Å². The van der Waals surface area contributed by atoms with Crippen LogP contribution < -0.4 is 5.73 Å². The third-order valence-electron chi connectivity index (χ3n) is 2.89. The second kappa shape index (κ2) is 5.88. The van der Waals surface area contributed by atoms with Crippen LogP contribution in [0, 0.1) is 6.92 Å². The van der Waals surface area contributed by atoms with Gasteiger partial charge in [0.05, 0.1) is 4.90 Å². The van der Waals surface area contributed by atoms with Crippen LogP contribution in [0.1, 0.15) is 12.0 Å². The molecule has 0 spiro atoms. The molecule has 1 heterocycles. The topological polar surface area (TPSA) is 63.4 Å². The largest absolute Gasteiger partial charge is 0.326 e. The third kappa shape index (κ3) is 3.05. The van der Waals surface area contributed by atoms with E-state index in [1.165, 1.54) is 4.31 Å². The molecule has 1 atom stereocenters. The van der Waals surface area contributed by atoms with Crippen LogP contribution in [0.3, 0.4) is 0 Å². The first kappa shape index (κ1) is 15.9.